The average molecular weight is 632 g/mol. The normalized spacial score (nSPS) is 22.3. The van der Waals surface area contributed by atoms with Crippen LogP contribution in [-0.2, 0) is 29.4 Å². The minimum absolute atomic E-state index is 0.0590. The number of rotatable bonds is 13. The summed E-state index contributed by atoms with van der Waals surface area (Å²) in [5, 5.41) is 11.0. The summed E-state index contributed by atoms with van der Waals surface area (Å²) in [6, 6.07) is 32.4. The number of esters is 1. The summed E-state index contributed by atoms with van der Waals surface area (Å²) in [4.78, 5) is 28.1. The SMILES string of the molecule is O=C(OCCN1C(=O)C2C3C=CC(C3)C2C1O)c1cc(OCc2ccccc2)c(OCc2ccccc2)c(OCc2ccccc2)c1. The van der Waals surface area contributed by atoms with E-state index in [0.717, 1.165) is 23.1 Å². The zero-order valence-corrected chi connectivity index (χ0v) is 25.9. The molecular formula is C39H37NO7. The van der Waals surface area contributed by atoms with Crippen LogP contribution in [0.15, 0.2) is 115 Å². The third kappa shape index (κ3) is 6.60. The van der Waals surface area contributed by atoms with Gasteiger partial charge in [0.2, 0.25) is 11.7 Å². The topological polar surface area (TPSA) is 94.5 Å². The molecule has 3 aliphatic rings. The van der Waals surface area contributed by atoms with Gasteiger partial charge in [-0.25, -0.2) is 4.79 Å². The van der Waals surface area contributed by atoms with Crippen LogP contribution in [0.3, 0.4) is 0 Å². The first-order valence-corrected chi connectivity index (χ1v) is 16.1. The number of ether oxygens (including phenoxy) is 4. The lowest BCUT2D eigenvalue weighted by atomic mass is 9.85. The Hall–Kier alpha value is -5.08. The number of aliphatic hydroxyl groups is 1. The molecule has 4 aromatic rings. The molecule has 5 atom stereocenters. The molecule has 1 heterocycles. The molecule has 4 aromatic carbocycles. The highest BCUT2D eigenvalue weighted by molar-refractivity contribution is 5.91. The van der Waals surface area contributed by atoms with Gasteiger partial charge in [-0.2, -0.15) is 0 Å². The van der Waals surface area contributed by atoms with Crippen molar-refractivity contribution in [3.63, 3.8) is 0 Å². The summed E-state index contributed by atoms with van der Waals surface area (Å²) < 4.78 is 24.5. The van der Waals surface area contributed by atoms with Crippen molar-refractivity contribution >= 4 is 11.9 Å². The van der Waals surface area contributed by atoms with Crippen molar-refractivity contribution in [2.24, 2.45) is 23.7 Å². The van der Waals surface area contributed by atoms with Crippen molar-refractivity contribution in [3.05, 3.63) is 138 Å². The monoisotopic (exact) mass is 631 g/mol. The van der Waals surface area contributed by atoms with E-state index in [-0.39, 0.29) is 68.1 Å². The smallest absolute Gasteiger partial charge is 0.338 e. The Morgan fingerprint density at radius 3 is 1.77 bits per heavy atom. The van der Waals surface area contributed by atoms with E-state index >= 15 is 0 Å². The van der Waals surface area contributed by atoms with Crippen LogP contribution in [0, 0.1) is 23.7 Å². The Kier molecular flexibility index (Phi) is 8.93. The number of carbonyl (C=O) groups is 2. The maximum absolute atomic E-state index is 13.5. The second-order valence-electron chi connectivity index (χ2n) is 12.3. The van der Waals surface area contributed by atoms with E-state index in [1.807, 2.05) is 91.0 Å². The van der Waals surface area contributed by atoms with Crippen molar-refractivity contribution in [3.8, 4) is 17.2 Å². The van der Waals surface area contributed by atoms with Gasteiger partial charge < -0.3 is 29.0 Å². The second kappa shape index (κ2) is 13.7. The standard InChI is InChI=1S/C39H37NO7/c41-37-34-29-16-17-30(20-29)35(34)38(42)40(37)18-19-44-39(43)31-21-32(45-23-26-10-4-1-5-11-26)36(47-25-28-14-8-3-9-15-28)33(22-31)46-24-27-12-6-2-7-13-27/h1-17,21-22,29-30,34-35,37,41H,18-20,23-25H2. The maximum Gasteiger partial charge on any atom is 0.338 e. The van der Waals surface area contributed by atoms with Crippen LogP contribution in [0.25, 0.3) is 0 Å². The highest BCUT2D eigenvalue weighted by atomic mass is 16.5. The number of fused-ring (bicyclic) bond motifs is 5. The fraction of sp³-hybridized carbons (Fsp3) is 0.282. The first-order valence-electron chi connectivity index (χ1n) is 16.1. The largest absolute Gasteiger partial charge is 0.485 e. The quantitative estimate of drug-likeness (QED) is 0.139. The number of likely N-dealkylation sites (tertiary alicyclic amines) is 1. The zero-order chi connectivity index (χ0) is 32.2. The predicted octanol–water partition coefficient (Wildman–Crippen LogP) is 6.18. The van der Waals surface area contributed by atoms with Gasteiger partial charge in [0.1, 0.15) is 32.7 Å². The fourth-order valence-electron chi connectivity index (χ4n) is 6.96. The summed E-state index contributed by atoms with van der Waals surface area (Å²) in [5.74, 6) is 0.511. The summed E-state index contributed by atoms with van der Waals surface area (Å²) >= 11 is 0. The van der Waals surface area contributed by atoms with Crippen molar-refractivity contribution < 1.29 is 33.6 Å². The molecule has 8 nitrogen and oxygen atoms in total. The maximum atomic E-state index is 13.5. The van der Waals surface area contributed by atoms with Gasteiger partial charge in [0.25, 0.3) is 0 Å². The molecule has 240 valence electrons. The van der Waals surface area contributed by atoms with Gasteiger partial charge in [-0.1, -0.05) is 103 Å². The highest BCUT2D eigenvalue weighted by Gasteiger charge is 2.58. The lowest BCUT2D eigenvalue weighted by Crippen LogP contribution is -2.39. The van der Waals surface area contributed by atoms with E-state index in [9.17, 15) is 14.7 Å². The summed E-state index contributed by atoms with van der Waals surface area (Å²) in [6.07, 6.45) is 4.27. The van der Waals surface area contributed by atoms with E-state index in [2.05, 4.69) is 12.2 Å². The number of hydrogen-bond acceptors (Lipinski definition) is 7. The Morgan fingerprint density at radius 1 is 0.723 bits per heavy atom. The molecular weight excluding hydrogens is 594 g/mol. The Morgan fingerprint density at radius 2 is 1.23 bits per heavy atom. The van der Waals surface area contributed by atoms with Gasteiger partial charge in [-0.15, -0.1) is 0 Å². The van der Waals surface area contributed by atoms with Crippen LogP contribution < -0.4 is 14.2 Å². The van der Waals surface area contributed by atoms with E-state index in [0.29, 0.717) is 17.2 Å². The summed E-state index contributed by atoms with van der Waals surface area (Å²) in [7, 11) is 0. The highest BCUT2D eigenvalue weighted by Crippen LogP contribution is 2.53. The predicted molar refractivity (Wildman–Crippen MR) is 174 cm³/mol. The number of hydrogen-bond donors (Lipinski definition) is 1. The Balaban J connectivity index is 1.11. The van der Waals surface area contributed by atoms with Crippen LogP contribution in [0.4, 0.5) is 0 Å². The molecule has 1 amide bonds. The van der Waals surface area contributed by atoms with Crippen LogP contribution in [0.5, 0.6) is 17.2 Å². The van der Waals surface area contributed by atoms with Gasteiger partial charge in [-0.05, 0) is 47.1 Å². The van der Waals surface area contributed by atoms with E-state index < -0.39 is 12.2 Å². The lowest BCUT2D eigenvalue weighted by Gasteiger charge is -2.25. The molecule has 1 saturated heterocycles. The lowest BCUT2D eigenvalue weighted by molar-refractivity contribution is -0.137. The molecule has 1 N–H and O–H groups in total. The van der Waals surface area contributed by atoms with Gasteiger partial charge in [0, 0.05) is 5.92 Å². The molecule has 0 aromatic heterocycles. The van der Waals surface area contributed by atoms with Gasteiger partial charge >= 0.3 is 5.97 Å². The number of aliphatic hydroxyl groups excluding tert-OH is 1. The van der Waals surface area contributed by atoms with Crippen molar-refractivity contribution in [1.82, 2.24) is 4.90 Å². The number of nitrogens with zero attached hydrogens (tertiary/aromatic N) is 1. The van der Waals surface area contributed by atoms with Gasteiger partial charge in [0.05, 0.1) is 18.0 Å². The molecule has 2 fully saturated rings. The number of amides is 1. The molecule has 2 bridgehead atoms. The number of allylic oxidation sites excluding steroid dienone is 2. The van der Waals surface area contributed by atoms with Crippen molar-refractivity contribution in [2.45, 2.75) is 32.5 Å². The molecule has 2 aliphatic carbocycles. The van der Waals surface area contributed by atoms with E-state index in [1.54, 1.807) is 12.1 Å². The minimum Gasteiger partial charge on any atom is -0.485 e. The molecule has 1 saturated carbocycles. The molecule has 7 rings (SSSR count). The van der Waals surface area contributed by atoms with Crippen LogP contribution >= 0.6 is 0 Å². The van der Waals surface area contributed by atoms with E-state index in [1.165, 1.54) is 4.90 Å². The van der Waals surface area contributed by atoms with Crippen LogP contribution in [0.1, 0.15) is 33.5 Å². The molecule has 47 heavy (non-hydrogen) atoms. The Bertz CT molecular complexity index is 1660. The van der Waals surface area contributed by atoms with Crippen LogP contribution in [-0.4, -0.2) is 41.3 Å². The molecule has 0 radical (unpaired) electrons. The zero-order valence-electron chi connectivity index (χ0n) is 25.9. The molecule has 8 heteroatoms. The van der Waals surface area contributed by atoms with Gasteiger partial charge in [-0.3, -0.25) is 4.79 Å². The number of benzene rings is 4. The molecule has 5 unspecified atom stereocenters. The molecule has 1 aliphatic heterocycles. The van der Waals surface area contributed by atoms with Crippen molar-refractivity contribution in [1.29, 1.82) is 0 Å². The fourth-order valence-corrected chi connectivity index (χ4v) is 6.96. The first-order chi connectivity index (χ1) is 23.0. The number of carbonyl (C=O) groups excluding carboxylic acids is 2. The summed E-state index contributed by atoms with van der Waals surface area (Å²) in [5.41, 5.74) is 3.08. The third-order valence-electron chi connectivity index (χ3n) is 9.27. The minimum atomic E-state index is -0.872. The van der Waals surface area contributed by atoms with Crippen molar-refractivity contribution in [2.75, 3.05) is 13.2 Å². The first kappa shape index (κ1) is 30.6. The Labute approximate surface area is 274 Å². The average Bonchev–Trinajstić information content (AvgIpc) is 3.80. The third-order valence-corrected chi connectivity index (χ3v) is 9.27. The van der Waals surface area contributed by atoms with Crippen LogP contribution in [0.2, 0.25) is 0 Å². The molecule has 0 spiro atoms. The second-order valence-corrected chi connectivity index (χ2v) is 12.3. The van der Waals surface area contributed by atoms with Gasteiger partial charge in [0.15, 0.2) is 11.5 Å². The summed E-state index contributed by atoms with van der Waals surface area (Å²) in [6.45, 7) is 0.807. The van der Waals surface area contributed by atoms with E-state index in [4.69, 9.17) is 18.9 Å².